The Hall–Kier alpha value is -2.47. The fourth-order valence-electron chi connectivity index (χ4n) is 3.25. The summed E-state index contributed by atoms with van der Waals surface area (Å²) in [5, 5.41) is 9.66. The van der Waals surface area contributed by atoms with Gasteiger partial charge in [0.05, 0.1) is 12.0 Å². The Balaban J connectivity index is 1.91. The molecule has 1 heterocycles. The highest BCUT2D eigenvalue weighted by Gasteiger charge is 2.18. The summed E-state index contributed by atoms with van der Waals surface area (Å²) in [4.78, 5) is 0. The lowest BCUT2D eigenvalue weighted by Gasteiger charge is -2.20. The van der Waals surface area contributed by atoms with Crippen molar-refractivity contribution >= 4 is 0 Å². The zero-order chi connectivity index (χ0) is 16.4. The van der Waals surface area contributed by atoms with Gasteiger partial charge in [-0.15, -0.1) is 0 Å². The molecule has 3 nitrogen and oxygen atoms in total. The predicted molar refractivity (Wildman–Crippen MR) is 90.1 cm³/mol. The van der Waals surface area contributed by atoms with Crippen LogP contribution in [0.25, 0.3) is 0 Å². The van der Waals surface area contributed by atoms with E-state index in [-0.39, 0.29) is 5.92 Å². The minimum absolute atomic E-state index is 0.189. The summed E-state index contributed by atoms with van der Waals surface area (Å²) in [6.07, 6.45) is 0.716. The molecule has 0 spiro atoms. The van der Waals surface area contributed by atoms with Gasteiger partial charge in [-0.25, -0.2) is 0 Å². The van der Waals surface area contributed by atoms with Gasteiger partial charge in [-0.2, -0.15) is 5.26 Å². The van der Waals surface area contributed by atoms with Crippen LogP contribution in [-0.2, 0) is 6.42 Å². The van der Waals surface area contributed by atoms with E-state index < -0.39 is 0 Å². The third-order valence-electron chi connectivity index (χ3n) is 4.37. The van der Waals surface area contributed by atoms with Crippen LogP contribution in [0.1, 0.15) is 33.7 Å². The van der Waals surface area contributed by atoms with Crippen LogP contribution in [-0.4, -0.2) is 13.2 Å². The van der Waals surface area contributed by atoms with Crippen LogP contribution in [0.15, 0.2) is 30.3 Å². The topological polar surface area (TPSA) is 42.2 Å². The van der Waals surface area contributed by atoms with Crippen molar-refractivity contribution in [2.75, 3.05) is 13.2 Å². The average Bonchev–Trinajstić information content (AvgIpc) is 2.54. The van der Waals surface area contributed by atoms with Gasteiger partial charge in [-0.3, -0.25) is 0 Å². The monoisotopic (exact) mass is 307 g/mol. The molecule has 2 aromatic rings. The van der Waals surface area contributed by atoms with Gasteiger partial charge in [-0.05, 0) is 61.6 Å². The number of fused-ring (bicyclic) bond motifs is 1. The summed E-state index contributed by atoms with van der Waals surface area (Å²) < 4.78 is 11.2. The fraction of sp³-hybridized carbons (Fsp3) is 0.350. The average molecular weight is 307 g/mol. The molecule has 0 radical (unpaired) electrons. The number of aryl methyl sites for hydroxylation is 3. The molecule has 2 aromatic carbocycles. The van der Waals surface area contributed by atoms with E-state index >= 15 is 0 Å². The molecule has 118 valence electrons. The van der Waals surface area contributed by atoms with Crippen molar-refractivity contribution in [2.24, 2.45) is 0 Å². The fourth-order valence-corrected chi connectivity index (χ4v) is 3.25. The molecule has 1 aliphatic rings. The third kappa shape index (κ3) is 3.17. The number of hydrogen-bond donors (Lipinski definition) is 0. The number of nitrogens with zero attached hydrogens (tertiary/aromatic N) is 1. The smallest absolute Gasteiger partial charge is 0.161 e. The molecule has 1 unspecified atom stereocenters. The van der Waals surface area contributed by atoms with Crippen LogP contribution in [0.3, 0.4) is 0 Å². The number of hydrogen-bond acceptors (Lipinski definition) is 3. The molecule has 0 saturated carbocycles. The highest BCUT2D eigenvalue weighted by atomic mass is 16.6. The van der Waals surface area contributed by atoms with Gasteiger partial charge < -0.3 is 9.47 Å². The Morgan fingerprint density at radius 2 is 1.65 bits per heavy atom. The zero-order valence-corrected chi connectivity index (χ0v) is 13.8. The Morgan fingerprint density at radius 1 is 1.00 bits per heavy atom. The van der Waals surface area contributed by atoms with E-state index in [0.29, 0.717) is 19.6 Å². The first-order valence-electron chi connectivity index (χ1n) is 7.94. The lowest BCUT2D eigenvalue weighted by atomic mass is 9.88. The minimum atomic E-state index is -0.189. The van der Waals surface area contributed by atoms with Crippen molar-refractivity contribution in [2.45, 2.75) is 33.1 Å². The van der Waals surface area contributed by atoms with E-state index in [1.807, 2.05) is 18.2 Å². The Kier molecular flexibility index (Phi) is 4.25. The van der Waals surface area contributed by atoms with Crippen molar-refractivity contribution in [3.05, 3.63) is 58.1 Å². The lowest BCUT2D eigenvalue weighted by Crippen LogP contribution is -2.15. The molecule has 0 aliphatic carbocycles. The van der Waals surface area contributed by atoms with Crippen LogP contribution >= 0.6 is 0 Å². The molecule has 1 atom stereocenters. The molecule has 0 bridgehead atoms. The van der Waals surface area contributed by atoms with E-state index in [1.54, 1.807) is 0 Å². The summed E-state index contributed by atoms with van der Waals surface area (Å²) in [6.45, 7) is 7.48. The summed E-state index contributed by atoms with van der Waals surface area (Å²) in [6, 6.07) is 12.6. The molecular formula is C20H21NO2. The first-order chi connectivity index (χ1) is 11.1. The second-order valence-corrected chi connectivity index (χ2v) is 6.17. The van der Waals surface area contributed by atoms with Crippen LogP contribution in [0, 0.1) is 32.1 Å². The van der Waals surface area contributed by atoms with Gasteiger partial charge in [0.25, 0.3) is 0 Å². The quantitative estimate of drug-likeness (QED) is 0.852. The highest BCUT2D eigenvalue weighted by molar-refractivity contribution is 5.47. The number of benzene rings is 2. The molecule has 3 rings (SSSR count). The molecule has 0 N–H and O–H groups in total. The second-order valence-electron chi connectivity index (χ2n) is 6.17. The second kappa shape index (κ2) is 6.34. The molecule has 3 heteroatoms. The molecule has 0 saturated heterocycles. The van der Waals surface area contributed by atoms with Crippen LogP contribution in [0.4, 0.5) is 0 Å². The van der Waals surface area contributed by atoms with Crippen molar-refractivity contribution < 1.29 is 9.47 Å². The SMILES string of the molecule is Cc1cc(C)c(CC(C#N)c2ccc3c(c2)OCCO3)c(C)c1. The number of nitriles is 1. The highest BCUT2D eigenvalue weighted by Crippen LogP contribution is 2.34. The Bertz CT molecular complexity index is 751. The van der Waals surface area contributed by atoms with E-state index in [1.165, 1.54) is 22.3 Å². The number of ether oxygens (including phenoxy) is 2. The molecule has 0 amide bonds. The number of rotatable bonds is 3. The third-order valence-corrected chi connectivity index (χ3v) is 4.37. The Labute approximate surface area is 137 Å². The molecular weight excluding hydrogens is 286 g/mol. The van der Waals surface area contributed by atoms with Gasteiger partial charge in [-0.1, -0.05) is 23.8 Å². The maximum atomic E-state index is 9.66. The zero-order valence-electron chi connectivity index (χ0n) is 13.8. The Morgan fingerprint density at radius 3 is 2.30 bits per heavy atom. The first kappa shape index (κ1) is 15.4. The minimum Gasteiger partial charge on any atom is -0.486 e. The van der Waals surface area contributed by atoms with Crippen molar-refractivity contribution in [3.8, 4) is 17.6 Å². The maximum Gasteiger partial charge on any atom is 0.161 e. The van der Waals surface area contributed by atoms with Gasteiger partial charge >= 0.3 is 0 Å². The van der Waals surface area contributed by atoms with Gasteiger partial charge in [0.15, 0.2) is 11.5 Å². The molecule has 0 fully saturated rings. The van der Waals surface area contributed by atoms with Crippen molar-refractivity contribution in [1.29, 1.82) is 5.26 Å². The summed E-state index contributed by atoms with van der Waals surface area (Å²) in [5.41, 5.74) is 6.00. The van der Waals surface area contributed by atoms with E-state index in [2.05, 4.69) is 39.0 Å². The largest absolute Gasteiger partial charge is 0.486 e. The summed E-state index contributed by atoms with van der Waals surface area (Å²) >= 11 is 0. The first-order valence-corrected chi connectivity index (χ1v) is 7.94. The van der Waals surface area contributed by atoms with Crippen LogP contribution in [0.5, 0.6) is 11.5 Å². The van der Waals surface area contributed by atoms with Crippen LogP contribution in [0.2, 0.25) is 0 Å². The summed E-state index contributed by atoms with van der Waals surface area (Å²) in [7, 11) is 0. The standard InChI is InChI=1S/C20H21NO2/c1-13-8-14(2)18(15(3)9-13)10-17(12-21)16-4-5-19-20(11-16)23-7-6-22-19/h4-5,8-9,11,17H,6-7,10H2,1-3H3. The lowest BCUT2D eigenvalue weighted by molar-refractivity contribution is 0.171. The molecule has 0 aromatic heterocycles. The van der Waals surface area contributed by atoms with Gasteiger partial charge in [0.2, 0.25) is 0 Å². The van der Waals surface area contributed by atoms with Crippen molar-refractivity contribution in [3.63, 3.8) is 0 Å². The normalized spacial score (nSPS) is 14.2. The van der Waals surface area contributed by atoms with E-state index in [9.17, 15) is 5.26 Å². The van der Waals surface area contributed by atoms with Gasteiger partial charge in [0, 0.05) is 0 Å². The van der Waals surface area contributed by atoms with Crippen molar-refractivity contribution in [1.82, 2.24) is 0 Å². The molecule has 23 heavy (non-hydrogen) atoms. The van der Waals surface area contributed by atoms with Crippen LogP contribution < -0.4 is 9.47 Å². The predicted octanol–water partition coefficient (Wildman–Crippen LogP) is 4.23. The summed E-state index contributed by atoms with van der Waals surface area (Å²) in [5.74, 6) is 1.32. The maximum absolute atomic E-state index is 9.66. The molecule has 1 aliphatic heterocycles. The van der Waals surface area contributed by atoms with E-state index in [4.69, 9.17) is 9.47 Å². The van der Waals surface area contributed by atoms with E-state index in [0.717, 1.165) is 17.1 Å². The van der Waals surface area contributed by atoms with Gasteiger partial charge in [0.1, 0.15) is 13.2 Å².